The van der Waals surface area contributed by atoms with Gasteiger partial charge in [-0.2, -0.15) is 0 Å². The van der Waals surface area contributed by atoms with Gasteiger partial charge in [0.2, 0.25) is 0 Å². The molecule has 0 unspecified atom stereocenters. The number of ether oxygens (including phenoxy) is 1. The lowest BCUT2D eigenvalue weighted by Gasteiger charge is -2.24. The SMILES string of the molecule is CCCN(Cc1cc(CN(CCC)C(=N)N)cc(OC)c1)C(=N)N.Cl.Cl. The van der Waals surface area contributed by atoms with E-state index in [1.165, 1.54) is 0 Å². The van der Waals surface area contributed by atoms with Crippen molar-refractivity contribution in [1.29, 1.82) is 10.8 Å². The van der Waals surface area contributed by atoms with Crippen molar-refractivity contribution in [2.24, 2.45) is 11.5 Å². The van der Waals surface area contributed by atoms with Crippen LogP contribution in [0.25, 0.3) is 0 Å². The van der Waals surface area contributed by atoms with Crippen LogP contribution in [0.15, 0.2) is 18.2 Å². The Bertz CT molecular complexity index is 526. The van der Waals surface area contributed by atoms with E-state index in [1.807, 2.05) is 21.9 Å². The Kier molecular flexibility index (Phi) is 13.5. The van der Waals surface area contributed by atoms with Crippen LogP contribution in [0.1, 0.15) is 37.8 Å². The second-order valence-electron chi connectivity index (χ2n) is 5.80. The highest BCUT2D eigenvalue weighted by molar-refractivity contribution is 5.85. The maximum atomic E-state index is 7.70. The summed E-state index contributed by atoms with van der Waals surface area (Å²) in [5, 5.41) is 15.4. The first kappa shape index (κ1) is 26.4. The average molecular weight is 407 g/mol. The highest BCUT2D eigenvalue weighted by Crippen LogP contribution is 2.20. The second kappa shape index (κ2) is 13.4. The number of nitrogens with zero attached hydrogens (tertiary/aromatic N) is 2. The monoisotopic (exact) mass is 406 g/mol. The minimum absolute atomic E-state index is 0. The second-order valence-corrected chi connectivity index (χ2v) is 5.80. The molecule has 1 rings (SSSR count). The summed E-state index contributed by atoms with van der Waals surface area (Å²) in [4.78, 5) is 3.65. The highest BCUT2D eigenvalue weighted by Gasteiger charge is 2.11. The smallest absolute Gasteiger partial charge is 0.188 e. The molecule has 0 aromatic heterocycles. The van der Waals surface area contributed by atoms with Crippen molar-refractivity contribution in [3.63, 3.8) is 0 Å². The zero-order valence-electron chi connectivity index (χ0n) is 15.7. The van der Waals surface area contributed by atoms with Crippen LogP contribution < -0.4 is 16.2 Å². The largest absolute Gasteiger partial charge is 0.497 e. The van der Waals surface area contributed by atoms with E-state index in [9.17, 15) is 0 Å². The normalized spacial score (nSPS) is 9.50. The third-order valence-corrected chi connectivity index (χ3v) is 3.68. The molecule has 1 aromatic rings. The molecule has 0 atom stereocenters. The maximum absolute atomic E-state index is 7.70. The molecule has 7 nitrogen and oxygen atoms in total. The van der Waals surface area contributed by atoms with E-state index in [0.29, 0.717) is 13.1 Å². The Morgan fingerprint density at radius 2 is 1.27 bits per heavy atom. The number of rotatable bonds is 9. The number of methoxy groups -OCH3 is 1. The topological polar surface area (TPSA) is 115 Å². The van der Waals surface area contributed by atoms with E-state index >= 15 is 0 Å². The molecule has 0 saturated heterocycles. The Labute approximate surface area is 168 Å². The fraction of sp³-hybridized carbons (Fsp3) is 0.529. The van der Waals surface area contributed by atoms with Crippen LogP contribution in [-0.2, 0) is 13.1 Å². The van der Waals surface area contributed by atoms with Gasteiger partial charge in [0.05, 0.1) is 7.11 Å². The molecule has 0 spiro atoms. The number of guanidine groups is 2. The number of nitrogens with one attached hydrogen (secondary N) is 2. The van der Waals surface area contributed by atoms with Gasteiger partial charge < -0.3 is 26.0 Å². The molecule has 0 heterocycles. The summed E-state index contributed by atoms with van der Waals surface area (Å²) in [7, 11) is 1.63. The molecule has 0 aliphatic heterocycles. The van der Waals surface area contributed by atoms with Gasteiger partial charge >= 0.3 is 0 Å². The third-order valence-electron chi connectivity index (χ3n) is 3.68. The Balaban J connectivity index is 0. The lowest BCUT2D eigenvalue weighted by molar-refractivity contribution is 0.389. The van der Waals surface area contributed by atoms with Gasteiger partial charge in [0.25, 0.3) is 0 Å². The van der Waals surface area contributed by atoms with E-state index in [4.69, 9.17) is 27.0 Å². The fourth-order valence-corrected chi connectivity index (χ4v) is 2.58. The molecule has 0 bridgehead atoms. The van der Waals surface area contributed by atoms with Crippen molar-refractivity contribution in [2.45, 2.75) is 39.8 Å². The van der Waals surface area contributed by atoms with Crippen molar-refractivity contribution in [3.05, 3.63) is 29.3 Å². The van der Waals surface area contributed by atoms with Crippen LogP contribution in [-0.4, -0.2) is 41.9 Å². The Morgan fingerprint density at radius 1 is 0.885 bits per heavy atom. The molecular formula is C17H32Cl2N6O. The number of benzene rings is 1. The summed E-state index contributed by atoms with van der Waals surface area (Å²) < 4.78 is 5.39. The molecule has 6 N–H and O–H groups in total. The predicted molar refractivity (Wildman–Crippen MR) is 113 cm³/mol. The number of hydrogen-bond acceptors (Lipinski definition) is 3. The zero-order chi connectivity index (χ0) is 18.1. The van der Waals surface area contributed by atoms with Crippen LogP contribution >= 0.6 is 24.8 Å². The first-order valence-electron chi connectivity index (χ1n) is 8.26. The molecule has 0 radical (unpaired) electrons. The molecule has 26 heavy (non-hydrogen) atoms. The minimum Gasteiger partial charge on any atom is -0.497 e. The Hall–Kier alpha value is -1.86. The van der Waals surface area contributed by atoms with Crippen molar-refractivity contribution < 1.29 is 4.74 Å². The number of hydrogen-bond donors (Lipinski definition) is 4. The van der Waals surface area contributed by atoms with Gasteiger partial charge in [-0.1, -0.05) is 19.9 Å². The lowest BCUT2D eigenvalue weighted by Crippen LogP contribution is -2.37. The third kappa shape index (κ3) is 8.49. The van der Waals surface area contributed by atoms with Gasteiger partial charge in [-0.3, -0.25) is 10.8 Å². The van der Waals surface area contributed by atoms with Crippen molar-refractivity contribution in [2.75, 3.05) is 20.2 Å². The first-order valence-corrected chi connectivity index (χ1v) is 8.26. The molecule has 9 heteroatoms. The molecule has 0 saturated carbocycles. The lowest BCUT2D eigenvalue weighted by atomic mass is 10.1. The van der Waals surface area contributed by atoms with E-state index in [2.05, 4.69) is 19.9 Å². The summed E-state index contributed by atoms with van der Waals surface area (Å²) >= 11 is 0. The molecular weight excluding hydrogens is 375 g/mol. The van der Waals surface area contributed by atoms with Crippen molar-refractivity contribution >= 4 is 36.7 Å². The number of halogens is 2. The van der Waals surface area contributed by atoms with Gasteiger partial charge in [-0.25, -0.2) is 0 Å². The van der Waals surface area contributed by atoms with E-state index < -0.39 is 0 Å². The molecule has 0 aliphatic carbocycles. The van der Waals surface area contributed by atoms with Crippen LogP contribution in [0.3, 0.4) is 0 Å². The minimum atomic E-state index is 0. The standard InChI is InChI=1S/C17H30N6O.2ClH/c1-4-6-22(16(18)19)11-13-8-14(10-15(9-13)24-3)12-23(7-5-2)17(20)21;;/h8-10H,4-7,11-12H2,1-3H3,(H3,18,19)(H3,20,21);2*1H. The maximum Gasteiger partial charge on any atom is 0.188 e. The summed E-state index contributed by atoms with van der Waals surface area (Å²) in [6.07, 6.45) is 1.84. The van der Waals surface area contributed by atoms with Gasteiger partial charge in [0.15, 0.2) is 11.9 Å². The van der Waals surface area contributed by atoms with Crippen LogP contribution in [0.2, 0.25) is 0 Å². The fourth-order valence-electron chi connectivity index (χ4n) is 2.58. The van der Waals surface area contributed by atoms with Crippen LogP contribution in [0, 0.1) is 10.8 Å². The van der Waals surface area contributed by atoms with Crippen LogP contribution in [0.4, 0.5) is 0 Å². The summed E-state index contributed by atoms with van der Waals surface area (Å²) in [6.45, 7) is 6.70. The zero-order valence-corrected chi connectivity index (χ0v) is 17.4. The quantitative estimate of drug-likeness (QED) is 0.371. The molecule has 0 amide bonds. The van der Waals surface area contributed by atoms with Crippen molar-refractivity contribution in [3.8, 4) is 5.75 Å². The van der Waals surface area contributed by atoms with Crippen molar-refractivity contribution in [1.82, 2.24) is 9.80 Å². The Morgan fingerprint density at radius 3 is 1.54 bits per heavy atom. The summed E-state index contributed by atoms with van der Waals surface area (Å²) in [5.41, 5.74) is 13.4. The molecule has 0 fully saturated rings. The van der Waals surface area contributed by atoms with Gasteiger partial charge in [0.1, 0.15) is 5.75 Å². The average Bonchev–Trinajstić information content (AvgIpc) is 2.53. The van der Waals surface area contributed by atoms with E-state index in [1.54, 1.807) is 7.11 Å². The summed E-state index contributed by atoms with van der Waals surface area (Å²) in [6, 6.07) is 5.96. The van der Waals surface area contributed by atoms with Gasteiger partial charge in [0, 0.05) is 26.2 Å². The molecule has 150 valence electrons. The predicted octanol–water partition coefficient (Wildman–Crippen LogP) is 2.75. The first-order chi connectivity index (χ1) is 11.4. The number of nitrogens with two attached hydrogens (primary N) is 2. The molecule has 0 aliphatic rings. The highest BCUT2D eigenvalue weighted by atomic mass is 35.5. The van der Waals surface area contributed by atoms with Gasteiger partial charge in [-0.05, 0) is 36.1 Å². The van der Waals surface area contributed by atoms with E-state index in [-0.39, 0.29) is 36.7 Å². The van der Waals surface area contributed by atoms with Gasteiger partial charge in [-0.15, -0.1) is 24.8 Å². The van der Waals surface area contributed by atoms with E-state index in [0.717, 1.165) is 42.8 Å². The van der Waals surface area contributed by atoms with Crippen LogP contribution in [0.5, 0.6) is 5.75 Å². The molecule has 1 aromatic carbocycles. The summed E-state index contributed by atoms with van der Waals surface area (Å²) in [5.74, 6) is 0.887.